The smallest absolute Gasteiger partial charge is 0.202 e. The summed E-state index contributed by atoms with van der Waals surface area (Å²) in [5.41, 5.74) is 0. The molecule has 0 aromatic carbocycles. The number of rotatable bonds is 8. The van der Waals surface area contributed by atoms with Crippen molar-refractivity contribution in [3.05, 3.63) is 0 Å². The molecule has 18 heavy (non-hydrogen) atoms. The van der Waals surface area contributed by atoms with Gasteiger partial charge in [0.1, 0.15) is 0 Å². The largest absolute Gasteiger partial charge is 0.279 e. The van der Waals surface area contributed by atoms with Crippen LogP contribution in [0.3, 0.4) is 0 Å². The van der Waals surface area contributed by atoms with E-state index in [-0.39, 0.29) is 0 Å². The second-order valence-electron chi connectivity index (χ2n) is 4.82. The molecule has 0 aromatic rings. The van der Waals surface area contributed by atoms with Crippen molar-refractivity contribution in [3.63, 3.8) is 0 Å². The summed E-state index contributed by atoms with van der Waals surface area (Å²) >= 11 is 3.39. The first kappa shape index (κ1) is 16.4. The van der Waals surface area contributed by atoms with E-state index in [1.54, 1.807) is 4.31 Å². The van der Waals surface area contributed by atoms with Gasteiger partial charge in [-0.1, -0.05) is 41.6 Å². The monoisotopic (exact) mass is 340 g/mol. The van der Waals surface area contributed by atoms with E-state index >= 15 is 0 Å². The molecule has 1 rings (SSSR count). The first-order valence-corrected chi connectivity index (χ1v) is 9.53. The zero-order valence-corrected chi connectivity index (χ0v) is 13.4. The van der Waals surface area contributed by atoms with Gasteiger partial charge >= 0.3 is 0 Å². The third-order valence-electron chi connectivity index (χ3n) is 3.25. The van der Waals surface area contributed by atoms with Crippen LogP contribution in [0.1, 0.15) is 51.4 Å². The zero-order chi connectivity index (χ0) is 13.3. The minimum atomic E-state index is -3.23. The Balaban J connectivity index is 2.21. The fourth-order valence-corrected chi connectivity index (χ4v) is 3.87. The average Bonchev–Trinajstić information content (AvgIpc) is 2.63. The molecule has 0 atom stereocenters. The van der Waals surface area contributed by atoms with Crippen LogP contribution in [0.15, 0.2) is 0 Å². The van der Waals surface area contributed by atoms with E-state index in [4.69, 9.17) is 0 Å². The SMILES string of the molecule is O=S(=O)(NCCCCCCBr)N1CCCCCC1. The van der Waals surface area contributed by atoms with Gasteiger partial charge in [-0.2, -0.15) is 12.7 Å². The molecule has 4 nitrogen and oxygen atoms in total. The lowest BCUT2D eigenvalue weighted by Crippen LogP contribution is -2.41. The third-order valence-corrected chi connectivity index (χ3v) is 5.42. The molecule has 1 N–H and O–H groups in total. The molecule has 0 aromatic heterocycles. The molecule has 0 aliphatic carbocycles. The molecule has 1 fully saturated rings. The van der Waals surface area contributed by atoms with Crippen molar-refractivity contribution < 1.29 is 8.42 Å². The molecule has 1 heterocycles. The van der Waals surface area contributed by atoms with Gasteiger partial charge in [0, 0.05) is 25.0 Å². The lowest BCUT2D eigenvalue weighted by Gasteiger charge is -2.20. The van der Waals surface area contributed by atoms with E-state index in [0.29, 0.717) is 19.6 Å². The van der Waals surface area contributed by atoms with Crippen molar-refractivity contribution in [1.29, 1.82) is 0 Å². The Labute approximate surface area is 120 Å². The van der Waals surface area contributed by atoms with Crippen molar-refractivity contribution in [2.45, 2.75) is 51.4 Å². The van der Waals surface area contributed by atoms with Gasteiger partial charge in [0.25, 0.3) is 10.2 Å². The highest BCUT2D eigenvalue weighted by molar-refractivity contribution is 9.09. The van der Waals surface area contributed by atoms with E-state index in [1.807, 2.05) is 0 Å². The second-order valence-corrected chi connectivity index (χ2v) is 7.36. The summed E-state index contributed by atoms with van der Waals surface area (Å²) in [6.07, 6.45) is 8.64. The van der Waals surface area contributed by atoms with Crippen LogP contribution in [-0.2, 0) is 10.2 Å². The quantitative estimate of drug-likeness (QED) is 0.545. The van der Waals surface area contributed by atoms with Gasteiger partial charge < -0.3 is 0 Å². The van der Waals surface area contributed by atoms with Gasteiger partial charge in [-0.3, -0.25) is 0 Å². The second kappa shape index (κ2) is 9.28. The van der Waals surface area contributed by atoms with Gasteiger partial charge in [0.2, 0.25) is 0 Å². The fourth-order valence-electron chi connectivity index (χ4n) is 2.15. The third kappa shape index (κ3) is 6.50. The van der Waals surface area contributed by atoms with Crippen molar-refractivity contribution in [1.82, 2.24) is 9.03 Å². The Hall–Kier alpha value is 0.350. The number of hydrogen-bond acceptors (Lipinski definition) is 2. The van der Waals surface area contributed by atoms with Crippen LogP contribution in [0.4, 0.5) is 0 Å². The first-order valence-electron chi connectivity index (χ1n) is 6.97. The first-order chi connectivity index (χ1) is 8.67. The number of halogens is 1. The molecule has 1 aliphatic rings. The predicted molar refractivity (Wildman–Crippen MR) is 79.2 cm³/mol. The molecule has 0 saturated carbocycles. The molecule has 0 bridgehead atoms. The van der Waals surface area contributed by atoms with Crippen LogP contribution in [0.25, 0.3) is 0 Å². The van der Waals surface area contributed by atoms with Crippen LogP contribution in [0, 0.1) is 0 Å². The van der Waals surface area contributed by atoms with E-state index in [1.165, 1.54) is 6.42 Å². The van der Waals surface area contributed by atoms with Crippen LogP contribution in [0.5, 0.6) is 0 Å². The minimum Gasteiger partial charge on any atom is -0.202 e. The van der Waals surface area contributed by atoms with Crippen molar-refractivity contribution in [2.24, 2.45) is 0 Å². The van der Waals surface area contributed by atoms with Crippen molar-refractivity contribution >= 4 is 26.1 Å². The summed E-state index contributed by atoms with van der Waals surface area (Å²) in [5, 5.41) is 1.03. The molecular weight excluding hydrogens is 316 g/mol. The van der Waals surface area contributed by atoms with Gasteiger partial charge in [-0.05, 0) is 25.7 Å². The Morgan fingerprint density at radius 3 is 2.17 bits per heavy atom. The lowest BCUT2D eigenvalue weighted by atomic mass is 10.2. The normalized spacial score (nSPS) is 18.7. The number of nitrogens with zero attached hydrogens (tertiary/aromatic N) is 1. The Morgan fingerprint density at radius 2 is 1.56 bits per heavy atom. The lowest BCUT2D eigenvalue weighted by molar-refractivity contribution is 0.414. The van der Waals surface area contributed by atoms with Crippen molar-refractivity contribution in [3.8, 4) is 0 Å². The van der Waals surface area contributed by atoms with Gasteiger partial charge in [-0.25, -0.2) is 4.72 Å². The number of alkyl halides is 1. The summed E-state index contributed by atoms with van der Waals surface area (Å²) in [4.78, 5) is 0. The molecule has 0 spiro atoms. The maximum Gasteiger partial charge on any atom is 0.279 e. The van der Waals surface area contributed by atoms with E-state index in [9.17, 15) is 8.42 Å². The molecule has 0 radical (unpaired) electrons. The number of hydrogen-bond donors (Lipinski definition) is 1. The maximum absolute atomic E-state index is 12.0. The summed E-state index contributed by atoms with van der Waals surface area (Å²) in [6, 6.07) is 0. The summed E-state index contributed by atoms with van der Waals surface area (Å²) in [6.45, 7) is 1.93. The topological polar surface area (TPSA) is 49.4 Å². The van der Waals surface area contributed by atoms with Crippen LogP contribution in [0.2, 0.25) is 0 Å². The molecule has 0 unspecified atom stereocenters. The predicted octanol–water partition coefficient (Wildman–Crippen LogP) is 2.65. The standard InChI is InChI=1S/C12H25BrN2O2S/c13-9-5-1-2-6-10-14-18(16,17)15-11-7-3-4-8-12-15/h14H,1-12H2. The van der Waals surface area contributed by atoms with Gasteiger partial charge in [0.05, 0.1) is 0 Å². The number of unbranched alkanes of at least 4 members (excludes halogenated alkanes) is 3. The molecular formula is C12H25BrN2O2S. The highest BCUT2D eigenvalue weighted by atomic mass is 79.9. The van der Waals surface area contributed by atoms with Gasteiger partial charge in [0.15, 0.2) is 0 Å². The number of nitrogens with one attached hydrogen (secondary N) is 1. The Morgan fingerprint density at radius 1 is 0.944 bits per heavy atom. The van der Waals surface area contributed by atoms with Gasteiger partial charge in [-0.15, -0.1) is 0 Å². The average molecular weight is 341 g/mol. The molecule has 6 heteroatoms. The summed E-state index contributed by atoms with van der Waals surface area (Å²) in [5.74, 6) is 0. The van der Waals surface area contributed by atoms with E-state index in [2.05, 4.69) is 20.7 Å². The van der Waals surface area contributed by atoms with Crippen LogP contribution < -0.4 is 4.72 Å². The Kier molecular flexibility index (Phi) is 8.46. The minimum absolute atomic E-state index is 0.571. The fraction of sp³-hybridized carbons (Fsp3) is 1.00. The summed E-state index contributed by atoms with van der Waals surface area (Å²) in [7, 11) is -3.23. The highest BCUT2D eigenvalue weighted by Gasteiger charge is 2.21. The molecule has 1 aliphatic heterocycles. The summed E-state index contributed by atoms with van der Waals surface area (Å²) < 4.78 is 28.4. The molecule has 1 saturated heterocycles. The molecule has 0 amide bonds. The maximum atomic E-state index is 12.0. The highest BCUT2D eigenvalue weighted by Crippen LogP contribution is 2.12. The zero-order valence-electron chi connectivity index (χ0n) is 11.0. The Bertz CT molecular complexity index is 301. The van der Waals surface area contributed by atoms with E-state index < -0.39 is 10.2 Å². The van der Waals surface area contributed by atoms with Crippen LogP contribution in [-0.4, -0.2) is 37.7 Å². The van der Waals surface area contributed by atoms with Crippen LogP contribution >= 0.6 is 15.9 Å². The van der Waals surface area contributed by atoms with Crippen molar-refractivity contribution in [2.75, 3.05) is 25.0 Å². The molecule has 108 valence electrons. The van der Waals surface area contributed by atoms with E-state index in [0.717, 1.165) is 50.3 Å².